The minimum Gasteiger partial charge on any atom is -0.384 e. The third-order valence-corrected chi connectivity index (χ3v) is 2.97. The van der Waals surface area contributed by atoms with E-state index < -0.39 is 0 Å². The number of nitrogens with zero attached hydrogens (tertiary/aromatic N) is 4. The molecular weight excluding hydrogens is 240 g/mol. The molecule has 0 spiro atoms. The Morgan fingerprint density at radius 1 is 1.47 bits per heavy atom. The second kappa shape index (κ2) is 8.53. The summed E-state index contributed by atoms with van der Waals surface area (Å²) < 4.78 is 0. The standard InChI is InChI=1S/C13H26N6/c1-4-8-17-19(18(3)11-16-12(2)14)13-6-5-9-15-10-7-13/h8,11,13,15H,2,4-7,9-10,14H2,1,3H3/b16-11-,17-8-. The lowest BCUT2D eigenvalue weighted by Crippen LogP contribution is -2.43. The van der Waals surface area contributed by atoms with Crippen LogP contribution >= 0.6 is 0 Å². The molecule has 1 aliphatic heterocycles. The molecule has 1 aliphatic rings. The monoisotopic (exact) mass is 266 g/mol. The first-order chi connectivity index (χ1) is 9.15. The van der Waals surface area contributed by atoms with E-state index in [1.54, 1.807) is 6.34 Å². The van der Waals surface area contributed by atoms with Crippen LogP contribution in [-0.2, 0) is 0 Å². The molecule has 0 aliphatic carbocycles. The summed E-state index contributed by atoms with van der Waals surface area (Å²) in [5.74, 6) is 0.300. The lowest BCUT2D eigenvalue weighted by molar-refractivity contribution is 0.0221. The van der Waals surface area contributed by atoms with Crippen molar-refractivity contribution in [1.29, 1.82) is 0 Å². The van der Waals surface area contributed by atoms with Gasteiger partial charge in [-0.15, -0.1) is 0 Å². The van der Waals surface area contributed by atoms with E-state index in [9.17, 15) is 0 Å². The van der Waals surface area contributed by atoms with Gasteiger partial charge >= 0.3 is 0 Å². The van der Waals surface area contributed by atoms with Crippen molar-refractivity contribution < 1.29 is 0 Å². The van der Waals surface area contributed by atoms with Crippen molar-refractivity contribution in [3.63, 3.8) is 0 Å². The zero-order valence-corrected chi connectivity index (χ0v) is 12.0. The summed E-state index contributed by atoms with van der Waals surface area (Å²) in [7, 11) is 1.93. The number of hydrogen-bond acceptors (Lipinski definition) is 5. The van der Waals surface area contributed by atoms with Gasteiger partial charge in [0.2, 0.25) is 0 Å². The zero-order valence-electron chi connectivity index (χ0n) is 12.0. The highest BCUT2D eigenvalue weighted by Gasteiger charge is 2.20. The first-order valence-corrected chi connectivity index (χ1v) is 6.88. The predicted molar refractivity (Wildman–Crippen MR) is 80.7 cm³/mol. The van der Waals surface area contributed by atoms with E-state index in [0.717, 1.165) is 38.8 Å². The fourth-order valence-electron chi connectivity index (χ4n) is 2.04. The molecule has 0 amide bonds. The molecule has 0 aromatic heterocycles. The Bertz CT molecular complexity index is 317. The molecule has 19 heavy (non-hydrogen) atoms. The molecule has 1 fully saturated rings. The van der Waals surface area contributed by atoms with Crippen LogP contribution in [0.4, 0.5) is 0 Å². The molecule has 1 rings (SSSR count). The minimum absolute atomic E-state index is 0.300. The molecule has 1 atom stereocenters. The van der Waals surface area contributed by atoms with Gasteiger partial charge in [0.1, 0.15) is 12.2 Å². The summed E-state index contributed by atoms with van der Waals surface area (Å²) >= 11 is 0. The summed E-state index contributed by atoms with van der Waals surface area (Å²) in [6.45, 7) is 7.75. The van der Waals surface area contributed by atoms with Crippen LogP contribution in [0.15, 0.2) is 22.5 Å². The third kappa shape index (κ3) is 5.74. The Morgan fingerprint density at radius 2 is 2.26 bits per heavy atom. The van der Waals surface area contributed by atoms with Crippen LogP contribution in [0.2, 0.25) is 0 Å². The van der Waals surface area contributed by atoms with Gasteiger partial charge in [-0.05, 0) is 38.8 Å². The zero-order chi connectivity index (χ0) is 14.1. The second-order valence-electron chi connectivity index (χ2n) is 4.67. The van der Waals surface area contributed by atoms with Gasteiger partial charge in [0.15, 0.2) is 0 Å². The van der Waals surface area contributed by atoms with Gasteiger partial charge in [-0.25, -0.2) is 10.1 Å². The molecular formula is C13H26N6. The number of nitrogens with one attached hydrogen (secondary N) is 1. The maximum atomic E-state index is 5.46. The van der Waals surface area contributed by atoms with Crippen LogP contribution < -0.4 is 11.1 Å². The van der Waals surface area contributed by atoms with E-state index in [1.165, 1.54) is 0 Å². The van der Waals surface area contributed by atoms with Crippen molar-refractivity contribution in [3.8, 4) is 0 Å². The number of hydrazine groups is 1. The maximum Gasteiger partial charge on any atom is 0.117 e. The number of nitrogens with two attached hydrogens (primary N) is 1. The number of hydrazone groups is 1. The van der Waals surface area contributed by atoms with Crippen molar-refractivity contribution in [1.82, 2.24) is 15.4 Å². The van der Waals surface area contributed by atoms with Gasteiger partial charge < -0.3 is 11.1 Å². The van der Waals surface area contributed by atoms with E-state index in [1.807, 2.05) is 23.4 Å². The Kier molecular flexibility index (Phi) is 6.95. The van der Waals surface area contributed by atoms with E-state index in [-0.39, 0.29) is 0 Å². The van der Waals surface area contributed by atoms with Crippen molar-refractivity contribution in [2.75, 3.05) is 20.1 Å². The smallest absolute Gasteiger partial charge is 0.117 e. The van der Waals surface area contributed by atoms with Crippen molar-refractivity contribution in [2.45, 2.75) is 38.6 Å². The minimum atomic E-state index is 0.300. The van der Waals surface area contributed by atoms with E-state index in [4.69, 9.17) is 5.73 Å². The quantitative estimate of drug-likeness (QED) is 0.429. The molecule has 108 valence electrons. The maximum absolute atomic E-state index is 5.46. The molecule has 6 heteroatoms. The van der Waals surface area contributed by atoms with Crippen LogP contribution in [0, 0.1) is 0 Å². The second-order valence-corrected chi connectivity index (χ2v) is 4.67. The van der Waals surface area contributed by atoms with Gasteiger partial charge in [0, 0.05) is 13.3 Å². The van der Waals surface area contributed by atoms with Crippen molar-refractivity contribution in [2.24, 2.45) is 15.8 Å². The summed E-state index contributed by atoms with van der Waals surface area (Å²) in [6, 6.07) is 0.389. The van der Waals surface area contributed by atoms with Crippen LogP contribution in [0.25, 0.3) is 0 Å². The summed E-state index contributed by atoms with van der Waals surface area (Å²) in [4.78, 5) is 4.02. The van der Waals surface area contributed by atoms with Crippen LogP contribution in [0.1, 0.15) is 32.6 Å². The van der Waals surface area contributed by atoms with Gasteiger partial charge in [0.05, 0.1) is 6.04 Å². The molecule has 0 saturated carbocycles. The fourth-order valence-corrected chi connectivity index (χ4v) is 2.04. The fraction of sp³-hybridized carbons (Fsp3) is 0.692. The van der Waals surface area contributed by atoms with Gasteiger partial charge in [-0.3, -0.25) is 5.01 Å². The predicted octanol–water partition coefficient (Wildman–Crippen LogP) is 1.13. The van der Waals surface area contributed by atoms with Gasteiger partial charge in [0.25, 0.3) is 0 Å². The first-order valence-electron chi connectivity index (χ1n) is 6.88. The van der Waals surface area contributed by atoms with Crippen LogP contribution in [0.3, 0.4) is 0 Å². The summed E-state index contributed by atoms with van der Waals surface area (Å²) in [5.41, 5.74) is 5.46. The average Bonchev–Trinajstić information content (AvgIpc) is 2.66. The Morgan fingerprint density at radius 3 is 2.95 bits per heavy atom. The lowest BCUT2D eigenvalue weighted by atomic mass is 10.1. The topological polar surface area (TPSA) is 69.2 Å². The molecule has 6 nitrogen and oxygen atoms in total. The Balaban J connectivity index is 2.73. The molecule has 1 unspecified atom stereocenters. The molecule has 1 saturated heterocycles. The highest BCUT2D eigenvalue weighted by molar-refractivity contribution is 5.57. The first kappa shape index (κ1) is 15.5. The van der Waals surface area contributed by atoms with Crippen LogP contribution in [0.5, 0.6) is 0 Å². The molecule has 1 heterocycles. The third-order valence-electron chi connectivity index (χ3n) is 2.97. The normalized spacial score (nSPS) is 20.6. The van der Waals surface area contributed by atoms with Gasteiger partial charge in [-0.1, -0.05) is 13.5 Å². The number of rotatable bonds is 6. The van der Waals surface area contributed by atoms with Gasteiger partial charge in [-0.2, -0.15) is 5.10 Å². The molecule has 0 aromatic rings. The Hall–Kier alpha value is -1.56. The Labute approximate surface area is 116 Å². The van der Waals surface area contributed by atoms with Crippen LogP contribution in [-0.4, -0.2) is 48.9 Å². The van der Waals surface area contributed by atoms with E-state index >= 15 is 0 Å². The molecule has 0 bridgehead atoms. The van der Waals surface area contributed by atoms with Crippen molar-refractivity contribution >= 4 is 12.6 Å². The largest absolute Gasteiger partial charge is 0.384 e. The summed E-state index contributed by atoms with van der Waals surface area (Å²) in [5, 5.41) is 11.8. The molecule has 3 N–H and O–H groups in total. The average molecular weight is 266 g/mol. The van der Waals surface area contributed by atoms with E-state index in [0.29, 0.717) is 11.9 Å². The molecule has 0 radical (unpaired) electrons. The number of hydrogen-bond donors (Lipinski definition) is 2. The lowest BCUT2D eigenvalue weighted by Gasteiger charge is -2.34. The molecule has 0 aromatic carbocycles. The highest BCUT2D eigenvalue weighted by atomic mass is 15.8. The SMILES string of the molecule is C=C(N)/N=C\N(C)N(/N=C\CC)C1CCCNCC1. The van der Waals surface area contributed by atoms with Crippen molar-refractivity contribution in [3.05, 3.63) is 12.4 Å². The highest BCUT2D eigenvalue weighted by Crippen LogP contribution is 2.15. The number of aliphatic imine (C=N–C) groups is 1. The summed E-state index contributed by atoms with van der Waals surface area (Å²) in [6.07, 6.45) is 7.85. The van der Waals surface area contributed by atoms with E-state index in [2.05, 4.69) is 28.9 Å².